The van der Waals surface area contributed by atoms with Gasteiger partial charge in [-0.25, -0.2) is 0 Å². The molecule has 0 atom stereocenters. The lowest BCUT2D eigenvalue weighted by Crippen LogP contribution is -2.28. The van der Waals surface area contributed by atoms with Gasteiger partial charge in [-0.3, -0.25) is 4.79 Å². The number of nitrogens with one attached hydrogen (secondary N) is 2. The maximum atomic E-state index is 12.1. The molecule has 0 radical (unpaired) electrons. The summed E-state index contributed by atoms with van der Waals surface area (Å²) in [6.07, 6.45) is 3.87. The molecule has 146 valence electrons. The lowest BCUT2D eigenvalue weighted by molar-refractivity contribution is -0.116. The number of piperidine rings is 1. The second-order valence-corrected chi connectivity index (χ2v) is 6.56. The Morgan fingerprint density at radius 2 is 1.74 bits per heavy atom. The fourth-order valence-electron chi connectivity index (χ4n) is 3.17. The summed E-state index contributed by atoms with van der Waals surface area (Å²) >= 11 is 0. The third-order valence-electron chi connectivity index (χ3n) is 4.67. The van der Waals surface area contributed by atoms with Gasteiger partial charge in [0, 0.05) is 12.1 Å². The summed E-state index contributed by atoms with van der Waals surface area (Å²) in [5.74, 6) is 2.78. The van der Waals surface area contributed by atoms with Gasteiger partial charge in [0.25, 0.3) is 0 Å². The Morgan fingerprint density at radius 1 is 1.07 bits per heavy atom. The van der Waals surface area contributed by atoms with Gasteiger partial charge < -0.3 is 20.1 Å². The van der Waals surface area contributed by atoms with E-state index in [0.29, 0.717) is 29.6 Å². The number of carbonyl (C=O) groups is 1. The van der Waals surface area contributed by atoms with Crippen molar-refractivity contribution in [2.75, 3.05) is 25.5 Å². The lowest BCUT2D eigenvalue weighted by Gasteiger charge is -2.22. The Kier molecular flexibility index (Phi) is 8.43. The van der Waals surface area contributed by atoms with Gasteiger partial charge in [-0.1, -0.05) is 12.1 Å². The number of hydrogen-bond donors (Lipinski definition) is 2. The molecule has 1 heterocycles. The quantitative estimate of drug-likeness (QED) is 0.723. The molecule has 0 spiro atoms. The summed E-state index contributed by atoms with van der Waals surface area (Å²) in [6.45, 7) is 2.14. The van der Waals surface area contributed by atoms with Crippen molar-refractivity contribution in [3.8, 4) is 17.2 Å². The van der Waals surface area contributed by atoms with Crippen LogP contribution >= 0.6 is 12.4 Å². The Labute approximate surface area is 166 Å². The van der Waals surface area contributed by atoms with Gasteiger partial charge in [0.1, 0.15) is 5.75 Å². The highest BCUT2D eigenvalue weighted by Gasteiger charge is 2.14. The van der Waals surface area contributed by atoms with Crippen LogP contribution in [0, 0.1) is 5.92 Å². The highest BCUT2D eigenvalue weighted by Crippen LogP contribution is 2.31. The molecule has 6 heteroatoms. The van der Waals surface area contributed by atoms with Crippen LogP contribution in [0.3, 0.4) is 0 Å². The summed E-state index contributed by atoms with van der Waals surface area (Å²) in [7, 11) is 1.62. The van der Waals surface area contributed by atoms with Crippen LogP contribution in [-0.4, -0.2) is 26.1 Å². The zero-order valence-electron chi connectivity index (χ0n) is 15.6. The van der Waals surface area contributed by atoms with Gasteiger partial charge in [-0.05, 0) is 74.7 Å². The second-order valence-electron chi connectivity index (χ2n) is 6.56. The molecule has 2 N–H and O–H groups in total. The van der Waals surface area contributed by atoms with E-state index in [1.807, 2.05) is 48.5 Å². The van der Waals surface area contributed by atoms with Gasteiger partial charge in [-0.15, -0.1) is 12.4 Å². The van der Waals surface area contributed by atoms with Gasteiger partial charge >= 0.3 is 0 Å². The highest BCUT2D eigenvalue weighted by molar-refractivity contribution is 5.90. The number of hydrogen-bond acceptors (Lipinski definition) is 4. The number of carbonyl (C=O) groups excluding carboxylic acids is 1. The molecule has 0 aromatic heterocycles. The smallest absolute Gasteiger partial charge is 0.224 e. The van der Waals surface area contributed by atoms with Crippen molar-refractivity contribution in [2.24, 2.45) is 5.92 Å². The summed E-state index contributed by atoms with van der Waals surface area (Å²) < 4.78 is 11.1. The molecule has 1 aliphatic rings. The second kappa shape index (κ2) is 10.8. The van der Waals surface area contributed by atoms with Gasteiger partial charge in [0.05, 0.1) is 7.11 Å². The first-order chi connectivity index (χ1) is 12.7. The van der Waals surface area contributed by atoms with Crippen molar-refractivity contribution in [1.29, 1.82) is 0 Å². The largest absolute Gasteiger partial charge is 0.493 e. The molecule has 1 fully saturated rings. The number of methoxy groups -OCH3 is 1. The molecular weight excluding hydrogens is 364 g/mol. The van der Waals surface area contributed by atoms with Crippen LogP contribution in [0.15, 0.2) is 48.5 Å². The van der Waals surface area contributed by atoms with Crippen molar-refractivity contribution in [3.63, 3.8) is 0 Å². The monoisotopic (exact) mass is 390 g/mol. The Balaban J connectivity index is 0.00000261. The molecule has 5 nitrogen and oxygen atoms in total. The van der Waals surface area contributed by atoms with Crippen molar-refractivity contribution in [3.05, 3.63) is 48.5 Å². The molecule has 1 saturated heterocycles. The minimum atomic E-state index is 0. The standard InChI is InChI=1S/C21H26N2O3.ClH/c1-25-19-4-2-3-5-20(19)26-18-9-7-17(8-10-18)23-21(24)11-6-16-12-14-22-15-13-16;/h2-5,7-10,16,22H,6,11-15H2,1H3,(H,23,24);1H. The van der Waals surface area contributed by atoms with E-state index in [4.69, 9.17) is 9.47 Å². The average Bonchev–Trinajstić information content (AvgIpc) is 2.69. The topological polar surface area (TPSA) is 59.6 Å². The number of benzene rings is 2. The lowest BCUT2D eigenvalue weighted by atomic mass is 9.93. The summed E-state index contributed by atoms with van der Waals surface area (Å²) in [6, 6.07) is 14.9. The number of amides is 1. The first kappa shape index (κ1) is 21.1. The molecule has 0 saturated carbocycles. The predicted molar refractivity (Wildman–Crippen MR) is 110 cm³/mol. The molecule has 2 aromatic carbocycles. The fraction of sp³-hybridized carbons (Fsp3) is 0.381. The molecule has 0 bridgehead atoms. The van der Waals surface area contributed by atoms with Gasteiger partial charge in [-0.2, -0.15) is 0 Å². The summed E-state index contributed by atoms with van der Waals surface area (Å²) in [5, 5.41) is 6.31. The van der Waals surface area contributed by atoms with Gasteiger partial charge in [0.15, 0.2) is 11.5 Å². The Bertz CT molecular complexity index is 716. The van der Waals surface area contributed by atoms with E-state index >= 15 is 0 Å². The van der Waals surface area contributed by atoms with Gasteiger partial charge in [0.2, 0.25) is 5.91 Å². The third-order valence-corrected chi connectivity index (χ3v) is 4.67. The number of rotatable bonds is 7. The Hall–Kier alpha value is -2.24. The molecular formula is C21H27ClN2O3. The minimum absolute atomic E-state index is 0. The van der Waals surface area contributed by atoms with E-state index in [0.717, 1.165) is 25.2 Å². The van der Waals surface area contributed by atoms with Crippen LogP contribution in [0.25, 0.3) is 0 Å². The molecule has 2 aromatic rings. The number of halogens is 1. The van der Waals surface area contributed by atoms with E-state index in [9.17, 15) is 4.79 Å². The zero-order valence-corrected chi connectivity index (χ0v) is 16.4. The first-order valence-electron chi connectivity index (χ1n) is 9.16. The van der Waals surface area contributed by atoms with Crippen molar-refractivity contribution in [2.45, 2.75) is 25.7 Å². The van der Waals surface area contributed by atoms with Crippen LogP contribution in [0.4, 0.5) is 5.69 Å². The van der Waals surface area contributed by atoms with E-state index in [2.05, 4.69) is 10.6 Å². The number of para-hydroxylation sites is 2. The molecule has 0 unspecified atom stereocenters. The van der Waals surface area contributed by atoms with Crippen LogP contribution in [0.1, 0.15) is 25.7 Å². The van der Waals surface area contributed by atoms with Crippen molar-refractivity contribution < 1.29 is 14.3 Å². The normalized spacial score (nSPS) is 14.1. The zero-order chi connectivity index (χ0) is 18.2. The summed E-state index contributed by atoms with van der Waals surface area (Å²) in [5.41, 5.74) is 0.785. The van der Waals surface area contributed by atoms with Crippen LogP contribution in [0.5, 0.6) is 17.2 Å². The van der Waals surface area contributed by atoms with Crippen molar-refractivity contribution >= 4 is 24.0 Å². The first-order valence-corrected chi connectivity index (χ1v) is 9.16. The van der Waals surface area contributed by atoms with Crippen LogP contribution < -0.4 is 20.1 Å². The number of ether oxygens (including phenoxy) is 2. The van der Waals surface area contributed by atoms with E-state index in [-0.39, 0.29) is 18.3 Å². The maximum Gasteiger partial charge on any atom is 0.224 e. The van der Waals surface area contributed by atoms with E-state index < -0.39 is 0 Å². The number of anilines is 1. The summed E-state index contributed by atoms with van der Waals surface area (Å²) in [4.78, 5) is 12.1. The minimum Gasteiger partial charge on any atom is -0.493 e. The SMILES string of the molecule is COc1ccccc1Oc1ccc(NC(=O)CCC2CCNCC2)cc1.Cl. The van der Waals surface area contributed by atoms with Crippen LogP contribution in [-0.2, 0) is 4.79 Å². The fourth-order valence-corrected chi connectivity index (χ4v) is 3.17. The highest BCUT2D eigenvalue weighted by atomic mass is 35.5. The van der Waals surface area contributed by atoms with E-state index in [1.54, 1.807) is 7.11 Å². The molecule has 3 rings (SSSR count). The van der Waals surface area contributed by atoms with Crippen molar-refractivity contribution in [1.82, 2.24) is 5.32 Å². The molecule has 0 aliphatic carbocycles. The molecule has 27 heavy (non-hydrogen) atoms. The molecule has 1 amide bonds. The average molecular weight is 391 g/mol. The van der Waals surface area contributed by atoms with E-state index in [1.165, 1.54) is 12.8 Å². The van der Waals surface area contributed by atoms with Crippen LogP contribution in [0.2, 0.25) is 0 Å². The predicted octanol–water partition coefficient (Wildman–Crippen LogP) is 4.63. The third kappa shape index (κ3) is 6.45. The maximum absolute atomic E-state index is 12.1. The molecule has 1 aliphatic heterocycles. The Morgan fingerprint density at radius 3 is 2.41 bits per heavy atom.